The molecule has 2 aromatic carbocycles. The second kappa shape index (κ2) is 8.68. The SMILES string of the molecule is CCOc1cc(C(O)c2nnc(-c3ccccc3)o2)ccc1OCC(C)C. The molecule has 0 aliphatic heterocycles. The summed E-state index contributed by atoms with van der Waals surface area (Å²) in [6.45, 7) is 7.15. The van der Waals surface area contributed by atoms with Crippen LogP contribution in [0, 0.1) is 5.92 Å². The molecule has 1 unspecified atom stereocenters. The summed E-state index contributed by atoms with van der Waals surface area (Å²) < 4.78 is 17.1. The Labute approximate surface area is 158 Å². The van der Waals surface area contributed by atoms with Crippen LogP contribution in [-0.2, 0) is 0 Å². The van der Waals surface area contributed by atoms with Crippen molar-refractivity contribution in [3.8, 4) is 23.0 Å². The van der Waals surface area contributed by atoms with Gasteiger partial charge in [-0.1, -0.05) is 38.1 Å². The molecule has 142 valence electrons. The zero-order valence-electron chi connectivity index (χ0n) is 15.8. The molecule has 0 saturated heterocycles. The fourth-order valence-electron chi connectivity index (χ4n) is 2.52. The Hall–Kier alpha value is -2.86. The molecule has 3 rings (SSSR count). The number of ether oxygens (including phenoxy) is 2. The molecule has 0 aliphatic carbocycles. The van der Waals surface area contributed by atoms with Gasteiger partial charge in [-0.2, -0.15) is 0 Å². The lowest BCUT2D eigenvalue weighted by molar-refractivity contribution is 0.182. The van der Waals surface area contributed by atoms with Gasteiger partial charge in [0.25, 0.3) is 0 Å². The van der Waals surface area contributed by atoms with Crippen LogP contribution in [0.4, 0.5) is 0 Å². The van der Waals surface area contributed by atoms with E-state index in [-0.39, 0.29) is 5.89 Å². The van der Waals surface area contributed by atoms with Crippen molar-refractivity contribution in [3.63, 3.8) is 0 Å². The molecule has 6 nitrogen and oxygen atoms in total. The maximum atomic E-state index is 10.7. The first kappa shape index (κ1) is 18.9. The molecule has 0 fully saturated rings. The van der Waals surface area contributed by atoms with Crippen LogP contribution in [0.5, 0.6) is 11.5 Å². The predicted octanol–water partition coefficient (Wildman–Crippen LogP) is 4.25. The number of hydrogen-bond acceptors (Lipinski definition) is 6. The van der Waals surface area contributed by atoms with E-state index in [1.165, 1.54) is 0 Å². The normalized spacial score (nSPS) is 12.2. The van der Waals surface area contributed by atoms with Gasteiger partial charge in [0.2, 0.25) is 11.8 Å². The number of aliphatic hydroxyl groups excluding tert-OH is 1. The molecule has 0 amide bonds. The van der Waals surface area contributed by atoms with Crippen molar-refractivity contribution in [2.24, 2.45) is 5.92 Å². The van der Waals surface area contributed by atoms with Crippen molar-refractivity contribution in [1.82, 2.24) is 10.2 Å². The van der Waals surface area contributed by atoms with Gasteiger partial charge in [-0.15, -0.1) is 10.2 Å². The molecular weight excluding hydrogens is 344 g/mol. The van der Waals surface area contributed by atoms with Gasteiger partial charge in [0.1, 0.15) is 0 Å². The zero-order valence-corrected chi connectivity index (χ0v) is 15.8. The monoisotopic (exact) mass is 368 g/mol. The summed E-state index contributed by atoms with van der Waals surface area (Å²) >= 11 is 0. The minimum absolute atomic E-state index is 0.132. The maximum absolute atomic E-state index is 10.7. The standard InChI is InChI=1S/C21H24N2O4/c1-4-25-18-12-16(10-11-17(18)26-13-14(2)3)19(24)21-23-22-20(27-21)15-8-6-5-7-9-15/h5-12,14,19,24H,4,13H2,1-3H3. The van der Waals surface area contributed by atoms with Crippen LogP contribution in [0.3, 0.4) is 0 Å². The van der Waals surface area contributed by atoms with E-state index in [9.17, 15) is 5.11 Å². The summed E-state index contributed by atoms with van der Waals surface area (Å²) in [7, 11) is 0. The average molecular weight is 368 g/mol. The summed E-state index contributed by atoms with van der Waals surface area (Å²) in [5.41, 5.74) is 1.40. The number of nitrogens with zero attached hydrogens (tertiary/aromatic N) is 2. The number of benzene rings is 2. The van der Waals surface area contributed by atoms with E-state index in [0.717, 1.165) is 5.56 Å². The molecule has 0 saturated carbocycles. The fourth-order valence-corrected chi connectivity index (χ4v) is 2.52. The fraction of sp³-hybridized carbons (Fsp3) is 0.333. The van der Waals surface area contributed by atoms with Crippen LogP contribution in [-0.4, -0.2) is 28.5 Å². The van der Waals surface area contributed by atoms with E-state index < -0.39 is 6.10 Å². The average Bonchev–Trinajstić information content (AvgIpc) is 3.17. The minimum Gasteiger partial charge on any atom is -0.490 e. The molecule has 1 aromatic heterocycles. The van der Waals surface area contributed by atoms with Gasteiger partial charge in [0.15, 0.2) is 17.6 Å². The lowest BCUT2D eigenvalue weighted by atomic mass is 10.1. The summed E-state index contributed by atoms with van der Waals surface area (Å²) in [5.74, 6) is 2.13. The van der Waals surface area contributed by atoms with E-state index in [1.54, 1.807) is 18.2 Å². The van der Waals surface area contributed by atoms with Gasteiger partial charge < -0.3 is 19.0 Å². The Kier molecular flexibility index (Phi) is 6.08. The highest BCUT2D eigenvalue weighted by atomic mass is 16.5. The number of rotatable bonds is 8. The highest BCUT2D eigenvalue weighted by Crippen LogP contribution is 2.33. The van der Waals surface area contributed by atoms with Crippen molar-refractivity contribution in [2.75, 3.05) is 13.2 Å². The summed E-state index contributed by atoms with van der Waals surface area (Å²) in [5, 5.41) is 18.7. The Morgan fingerprint density at radius 2 is 1.78 bits per heavy atom. The van der Waals surface area contributed by atoms with Crippen LogP contribution in [0.1, 0.15) is 38.3 Å². The zero-order chi connectivity index (χ0) is 19.2. The molecule has 3 aromatic rings. The van der Waals surface area contributed by atoms with Crippen molar-refractivity contribution in [3.05, 3.63) is 60.0 Å². The number of aromatic nitrogens is 2. The highest BCUT2D eigenvalue weighted by Gasteiger charge is 2.20. The maximum Gasteiger partial charge on any atom is 0.249 e. The molecule has 6 heteroatoms. The topological polar surface area (TPSA) is 77.6 Å². The van der Waals surface area contributed by atoms with E-state index in [4.69, 9.17) is 13.9 Å². The summed E-state index contributed by atoms with van der Waals surface area (Å²) in [4.78, 5) is 0. The van der Waals surface area contributed by atoms with E-state index in [0.29, 0.717) is 42.1 Å². The first-order valence-corrected chi connectivity index (χ1v) is 9.05. The highest BCUT2D eigenvalue weighted by molar-refractivity contribution is 5.52. The van der Waals surface area contributed by atoms with E-state index in [1.807, 2.05) is 37.3 Å². The van der Waals surface area contributed by atoms with E-state index in [2.05, 4.69) is 24.0 Å². The van der Waals surface area contributed by atoms with Crippen molar-refractivity contribution < 1.29 is 19.0 Å². The van der Waals surface area contributed by atoms with Crippen LogP contribution in [0.25, 0.3) is 11.5 Å². The lowest BCUT2D eigenvalue weighted by Gasteiger charge is -2.15. The largest absolute Gasteiger partial charge is 0.490 e. The number of hydrogen-bond donors (Lipinski definition) is 1. The third kappa shape index (κ3) is 4.65. The van der Waals surface area contributed by atoms with Crippen LogP contribution in [0.2, 0.25) is 0 Å². The third-order valence-corrected chi connectivity index (χ3v) is 3.85. The molecule has 0 bridgehead atoms. The van der Waals surface area contributed by atoms with Crippen LogP contribution < -0.4 is 9.47 Å². The van der Waals surface area contributed by atoms with Crippen molar-refractivity contribution in [1.29, 1.82) is 0 Å². The first-order chi connectivity index (χ1) is 13.1. The van der Waals surface area contributed by atoms with Gasteiger partial charge in [-0.05, 0) is 42.7 Å². The van der Waals surface area contributed by atoms with Crippen molar-refractivity contribution >= 4 is 0 Å². The number of aliphatic hydroxyl groups is 1. The van der Waals surface area contributed by atoms with E-state index >= 15 is 0 Å². The summed E-state index contributed by atoms with van der Waals surface area (Å²) in [6, 6.07) is 14.7. The van der Waals surface area contributed by atoms with Crippen molar-refractivity contribution in [2.45, 2.75) is 26.9 Å². The Morgan fingerprint density at radius 1 is 1.00 bits per heavy atom. The predicted molar refractivity (Wildman–Crippen MR) is 102 cm³/mol. The molecule has 27 heavy (non-hydrogen) atoms. The Balaban J connectivity index is 1.83. The summed E-state index contributed by atoms with van der Waals surface area (Å²) in [6.07, 6.45) is -1.05. The second-order valence-corrected chi connectivity index (χ2v) is 6.56. The Bertz CT molecular complexity index is 862. The van der Waals surface area contributed by atoms with Gasteiger partial charge in [-0.25, -0.2) is 0 Å². The van der Waals surface area contributed by atoms with Gasteiger partial charge in [0.05, 0.1) is 13.2 Å². The van der Waals surface area contributed by atoms with Crippen LogP contribution in [0.15, 0.2) is 52.9 Å². The lowest BCUT2D eigenvalue weighted by Crippen LogP contribution is -2.07. The first-order valence-electron chi connectivity index (χ1n) is 9.05. The van der Waals surface area contributed by atoms with Crippen LogP contribution >= 0.6 is 0 Å². The molecular formula is C21H24N2O4. The molecule has 0 radical (unpaired) electrons. The Morgan fingerprint density at radius 3 is 2.48 bits per heavy atom. The smallest absolute Gasteiger partial charge is 0.249 e. The van der Waals surface area contributed by atoms with Gasteiger partial charge >= 0.3 is 0 Å². The third-order valence-electron chi connectivity index (χ3n) is 3.85. The minimum atomic E-state index is -1.05. The van der Waals surface area contributed by atoms with Gasteiger partial charge in [0, 0.05) is 5.56 Å². The van der Waals surface area contributed by atoms with Gasteiger partial charge in [-0.3, -0.25) is 0 Å². The molecule has 0 aliphatic rings. The molecule has 1 N–H and O–H groups in total. The molecule has 1 heterocycles. The quantitative estimate of drug-likeness (QED) is 0.640. The second-order valence-electron chi connectivity index (χ2n) is 6.56. The molecule has 0 spiro atoms. The molecule has 1 atom stereocenters.